The molecule has 0 aliphatic heterocycles. The van der Waals surface area contributed by atoms with Gasteiger partial charge < -0.3 is 9.47 Å². The Morgan fingerprint density at radius 1 is 1.11 bits per heavy atom. The van der Waals surface area contributed by atoms with Crippen molar-refractivity contribution in [2.45, 2.75) is 65.4 Å². The van der Waals surface area contributed by atoms with Crippen LogP contribution in [0.4, 0.5) is 0 Å². The van der Waals surface area contributed by atoms with Crippen molar-refractivity contribution >= 4 is 11.9 Å². The number of carbonyl (C=O) groups excluding carboxylic acids is 2. The van der Waals surface area contributed by atoms with Gasteiger partial charge in [-0.15, -0.1) is 0 Å². The van der Waals surface area contributed by atoms with Crippen LogP contribution >= 0.6 is 0 Å². The molecule has 1 atom stereocenters. The molecule has 0 N–H and O–H groups in total. The van der Waals surface area contributed by atoms with Gasteiger partial charge in [0.1, 0.15) is 0 Å². The lowest BCUT2D eigenvalue weighted by molar-refractivity contribution is -0.165. The summed E-state index contributed by atoms with van der Waals surface area (Å²) < 4.78 is 10.0. The van der Waals surface area contributed by atoms with Crippen molar-refractivity contribution < 1.29 is 19.1 Å². The Labute approximate surface area is 116 Å². The molecule has 0 spiro atoms. The van der Waals surface area contributed by atoms with E-state index >= 15 is 0 Å². The van der Waals surface area contributed by atoms with Crippen LogP contribution in [0.2, 0.25) is 0 Å². The number of hydrogen-bond acceptors (Lipinski definition) is 4. The van der Waals surface area contributed by atoms with Crippen molar-refractivity contribution in [1.29, 1.82) is 0 Å². The summed E-state index contributed by atoms with van der Waals surface area (Å²) in [4.78, 5) is 23.2. The maximum Gasteiger partial charge on any atom is 0.347 e. The van der Waals surface area contributed by atoms with Crippen molar-refractivity contribution in [3.8, 4) is 0 Å². The molecule has 0 aromatic carbocycles. The summed E-state index contributed by atoms with van der Waals surface area (Å²) in [6.45, 7) is 9.24. The van der Waals surface area contributed by atoms with Crippen LogP contribution in [0.5, 0.6) is 0 Å². The molecule has 1 unspecified atom stereocenters. The Hall–Kier alpha value is -1.32. The third kappa shape index (κ3) is 8.41. The van der Waals surface area contributed by atoms with Crippen LogP contribution in [0.3, 0.4) is 0 Å². The molecule has 0 saturated carbocycles. The molecule has 4 heteroatoms. The first-order valence-electron chi connectivity index (χ1n) is 7.06. The van der Waals surface area contributed by atoms with Crippen LogP contribution in [0, 0.1) is 0 Å². The molecule has 0 aromatic heterocycles. The third-order valence-electron chi connectivity index (χ3n) is 2.72. The molecule has 0 fully saturated rings. The molecule has 110 valence electrons. The van der Waals surface area contributed by atoms with Gasteiger partial charge in [-0.25, -0.2) is 9.59 Å². The van der Waals surface area contributed by atoms with Crippen molar-refractivity contribution in [2.24, 2.45) is 0 Å². The second-order valence-electron chi connectivity index (χ2n) is 4.63. The first-order chi connectivity index (χ1) is 9.02. The molecule has 0 aliphatic rings. The van der Waals surface area contributed by atoms with E-state index in [0.717, 1.165) is 19.3 Å². The summed E-state index contributed by atoms with van der Waals surface area (Å²) in [7, 11) is 0. The van der Waals surface area contributed by atoms with E-state index in [1.807, 2.05) is 0 Å². The zero-order valence-corrected chi connectivity index (χ0v) is 12.4. The van der Waals surface area contributed by atoms with Crippen LogP contribution in [-0.4, -0.2) is 24.6 Å². The first kappa shape index (κ1) is 17.7. The Bertz CT molecular complexity index is 297. The van der Waals surface area contributed by atoms with Gasteiger partial charge in [0, 0.05) is 5.57 Å². The van der Waals surface area contributed by atoms with Crippen molar-refractivity contribution in [3.63, 3.8) is 0 Å². The molecule has 0 aliphatic carbocycles. The van der Waals surface area contributed by atoms with Crippen LogP contribution in [-0.2, 0) is 19.1 Å². The van der Waals surface area contributed by atoms with Gasteiger partial charge in [-0.05, 0) is 26.7 Å². The third-order valence-corrected chi connectivity index (χ3v) is 2.72. The predicted octanol–water partition coefficient (Wildman–Crippen LogP) is 3.40. The molecule has 0 amide bonds. The predicted molar refractivity (Wildman–Crippen MR) is 74.7 cm³/mol. The molecule has 0 radical (unpaired) electrons. The second-order valence-corrected chi connectivity index (χ2v) is 4.63. The van der Waals surface area contributed by atoms with Gasteiger partial charge in [0.15, 0.2) is 6.10 Å². The minimum Gasteiger partial charge on any atom is -0.463 e. The van der Waals surface area contributed by atoms with Gasteiger partial charge >= 0.3 is 11.9 Å². The first-order valence-corrected chi connectivity index (χ1v) is 7.06. The molecule has 0 saturated heterocycles. The Balaban J connectivity index is 4.22. The van der Waals surface area contributed by atoms with Gasteiger partial charge in [0.05, 0.1) is 6.61 Å². The van der Waals surface area contributed by atoms with Crippen LogP contribution in [0.25, 0.3) is 0 Å². The molecule has 0 rings (SSSR count). The molecule has 0 aromatic rings. The highest BCUT2D eigenvalue weighted by Crippen LogP contribution is 2.12. The molecule has 0 bridgehead atoms. The molecular weight excluding hydrogens is 244 g/mol. The van der Waals surface area contributed by atoms with Gasteiger partial charge in [-0.2, -0.15) is 0 Å². The highest BCUT2D eigenvalue weighted by Gasteiger charge is 2.23. The van der Waals surface area contributed by atoms with Crippen molar-refractivity contribution in [1.82, 2.24) is 0 Å². The number of carbonyl (C=O) groups is 2. The number of hydrogen-bond donors (Lipinski definition) is 0. The summed E-state index contributed by atoms with van der Waals surface area (Å²) >= 11 is 0. The zero-order valence-electron chi connectivity index (χ0n) is 12.4. The van der Waals surface area contributed by atoms with E-state index in [0.29, 0.717) is 12.0 Å². The van der Waals surface area contributed by atoms with Gasteiger partial charge in [0.25, 0.3) is 0 Å². The quantitative estimate of drug-likeness (QED) is 0.347. The lowest BCUT2D eigenvalue weighted by Crippen LogP contribution is -2.29. The van der Waals surface area contributed by atoms with E-state index in [1.54, 1.807) is 13.8 Å². The normalized spacial score (nSPS) is 11.7. The van der Waals surface area contributed by atoms with E-state index in [-0.39, 0.29) is 6.61 Å². The second kappa shape index (κ2) is 10.6. The van der Waals surface area contributed by atoms with Crippen LogP contribution in [0.15, 0.2) is 12.2 Å². The highest BCUT2D eigenvalue weighted by atomic mass is 16.6. The van der Waals surface area contributed by atoms with E-state index < -0.39 is 18.0 Å². The van der Waals surface area contributed by atoms with Crippen LogP contribution < -0.4 is 0 Å². The average Bonchev–Trinajstić information content (AvgIpc) is 2.37. The summed E-state index contributed by atoms with van der Waals surface area (Å²) in [5.74, 6) is -1.00. The number of ether oxygens (including phenoxy) is 2. The summed E-state index contributed by atoms with van der Waals surface area (Å²) in [6.07, 6.45) is 5.11. The minimum absolute atomic E-state index is 0.287. The summed E-state index contributed by atoms with van der Waals surface area (Å²) in [5, 5.41) is 0. The Kier molecular flexibility index (Phi) is 9.85. The zero-order chi connectivity index (χ0) is 14.7. The largest absolute Gasteiger partial charge is 0.463 e. The molecular formula is C15H26O4. The summed E-state index contributed by atoms with van der Waals surface area (Å²) in [5.41, 5.74) is 0.292. The maximum absolute atomic E-state index is 11.7. The average molecular weight is 270 g/mol. The van der Waals surface area contributed by atoms with E-state index in [1.165, 1.54) is 12.8 Å². The van der Waals surface area contributed by atoms with Gasteiger partial charge in [-0.1, -0.05) is 39.2 Å². The topological polar surface area (TPSA) is 52.6 Å². The molecule has 4 nitrogen and oxygen atoms in total. The fourth-order valence-electron chi connectivity index (χ4n) is 1.62. The maximum atomic E-state index is 11.7. The minimum atomic E-state index is -0.800. The SMILES string of the molecule is C=C(C)C(=O)OC(CCCCCCC)C(=O)OCC. The standard InChI is InChI=1S/C15H26O4/c1-5-7-8-9-10-11-13(15(17)18-6-2)19-14(16)12(3)4/h13H,3,5-11H2,1-2,4H3. The number of unbranched alkanes of at least 4 members (excludes halogenated alkanes) is 4. The van der Waals surface area contributed by atoms with Gasteiger partial charge in [0.2, 0.25) is 0 Å². The monoisotopic (exact) mass is 270 g/mol. The Morgan fingerprint density at radius 2 is 1.74 bits per heavy atom. The van der Waals surface area contributed by atoms with Crippen molar-refractivity contribution in [2.75, 3.05) is 6.61 Å². The lowest BCUT2D eigenvalue weighted by atomic mass is 10.1. The number of rotatable bonds is 10. The smallest absolute Gasteiger partial charge is 0.347 e. The number of esters is 2. The van der Waals surface area contributed by atoms with Gasteiger partial charge in [-0.3, -0.25) is 0 Å². The lowest BCUT2D eigenvalue weighted by Gasteiger charge is -2.16. The highest BCUT2D eigenvalue weighted by molar-refractivity contribution is 5.89. The van der Waals surface area contributed by atoms with E-state index in [4.69, 9.17) is 9.47 Å². The molecule has 19 heavy (non-hydrogen) atoms. The van der Waals surface area contributed by atoms with Crippen LogP contribution in [0.1, 0.15) is 59.3 Å². The summed E-state index contributed by atoms with van der Waals surface area (Å²) in [6, 6.07) is 0. The fraction of sp³-hybridized carbons (Fsp3) is 0.733. The molecule has 0 heterocycles. The fourth-order valence-corrected chi connectivity index (χ4v) is 1.62. The Morgan fingerprint density at radius 3 is 2.26 bits per heavy atom. The van der Waals surface area contributed by atoms with E-state index in [9.17, 15) is 9.59 Å². The van der Waals surface area contributed by atoms with Crippen molar-refractivity contribution in [3.05, 3.63) is 12.2 Å². The van der Waals surface area contributed by atoms with E-state index in [2.05, 4.69) is 13.5 Å².